The van der Waals surface area contributed by atoms with Crippen LogP contribution in [0.15, 0.2) is 24.8 Å². The van der Waals surface area contributed by atoms with Crippen LogP contribution in [-0.2, 0) is 6.42 Å². The molecule has 0 N–H and O–H groups in total. The van der Waals surface area contributed by atoms with E-state index in [1.54, 1.807) is 7.11 Å². The molecule has 23 heavy (non-hydrogen) atoms. The van der Waals surface area contributed by atoms with E-state index in [4.69, 9.17) is 4.74 Å². The van der Waals surface area contributed by atoms with Crippen LogP contribution in [-0.4, -0.2) is 17.1 Å². The highest BCUT2D eigenvalue weighted by Gasteiger charge is 2.10. The van der Waals surface area contributed by atoms with Crippen molar-refractivity contribution < 1.29 is 4.74 Å². The van der Waals surface area contributed by atoms with Crippen LogP contribution < -0.4 is 15.3 Å². The molecule has 0 saturated carbocycles. The second-order valence-corrected chi connectivity index (χ2v) is 5.99. The van der Waals surface area contributed by atoms with Gasteiger partial charge in [-0.2, -0.15) is 0 Å². The molecule has 1 aromatic carbocycles. The van der Waals surface area contributed by atoms with E-state index in [2.05, 4.69) is 47.8 Å². The van der Waals surface area contributed by atoms with Gasteiger partial charge in [0.1, 0.15) is 11.6 Å². The van der Waals surface area contributed by atoms with Gasteiger partial charge in [-0.1, -0.05) is 30.9 Å². The molecule has 1 heterocycles. The standard InChI is InChI=1S/C20H22N2O/c1-13-11-16(9-10-19(13)23-4)12-14(2)20-17-7-5-6-8-18(17)21-15(3)22-20/h7-11H,2,5-6,12H2,1,3-4H3. The van der Waals surface area contributed by atoms with Gasteiger partial charge in [0.25, 0.3) is 0 Å². The Hall–Kier alpha value is -2.42. The third-order valence-electron chi connectivity index (χ3n) is 4.15. The molecular formula is C20H22N2O. The zero-order chi connectivity index (χ0) is 16.4. The Morgan fingerprint density at radius 2 is 1.96 bits per heavy atom. The summed E-state index contributed by atoms with van der Waals surface area (Å²) in [5, 5.41) is 2.18. The zero-order valence-corrected chi connectivity index (χ0v) is 14.0. The van der Waals surface area contributed by atoms with Crippen molar-refractivity contribution in [3.05, 3.63) is 58.0 Å². The van der Waals surface area contributed by atoms with Crippen molar-refractivity contribution >= 4 is 17.7 Å². The summed E-state index contributed by atoms with van der Waals surface area (Å²) in [5.74, 6) is 1.72. The molecule has 0 unspecified atom stereocenters. The lowest BCUT2D eigenvalue weighted by molar-refractivity contribution is 0.411. The number of benzene rings is 1. The van der Waals surface area contributed by atoms with Crippen molar-refractivity contribution in [1.29, 1.82) is 0 Å². The molecule has 0 atom stereocenters. The number of fused-ring (bicyclic) bond motifs is 1. The fourth-order valence-corrected chi connectivity index (χ4v) is 3.06. The van der Waals surface area contributed by atoms with Crippen LogP contribution in [0.3, 0.4) is 0 Å². The summed E-state index contributed by atoms with van der Waals surface area (Å²) in [7, 11) is 1.70. The van der Waals surface area contributed by atoms with E-state index >= 15 is 0 Å². The first kappa shape index (κ1) is 15.5. The predicted octanol–water partition coefficient (Wildman–Crippen LogP) is 2.71. The summed E-state index contributed by atoms with van der Waals surface area (Å²) >= 11 is 0. The summed E-state index contributed by atoms with van der Waals surface area (Å²) in [5.41, 5.74) is 4.37. The number of rotatable bonds is 4. The maximum Gasteiger partial charge on any atom is 0.126 e. The lowest BCUT2D eigenvalue weighted by atomic mass is 9.99. The number of ether oxygens (including phenoxy) is 1. The van der Waals surface area contributed by atoms with Gasteiger partial charge in [0.2, 0.25) is 0 Å². The van der Waals surface area contributed by atoms with Crippen LogP contribution in [0.4, 0.5) is 0 Å². The first-order valence-electron chi connectivity index (χ1n) is 7.95. The lowest BCUT2D eigenvalue weighted by Crippen LogP contribution is -2.35. The second-order valence-electron chi connectivity index (χ2n) is 5.99. The number of allylic oxidation sites excluding steroid dienone is 1. The molecule has 1 aromatic heterocycles. The molecule has 1 aliphatic rings. The molecule has 3 rings (SSSR count). The highest BCUT2D eigenvalue weighted by atomic mass is 16.5. The van der Waals surface area contributed by atoms with Crippen molar-refractivity contribution in [1.82, 2.24) is 9.97 Å². The van der Waals surface area contributed by atoms with Crippen LogP contribution in [0, 0.1) is 13.8 Å². The van der Waals surface area contributed by atoms with Gasteiger partial charge >= 0.3 is 0 Å². The Labute approximate surface area is 137 Å². The SMILES string of the molecule is C=C(Cc1ccc(OC)c(C)c1)c1nc(C)nc2c1=CCCC=2. The van der Waals surface area contributed by atoms with Gasteiger partial charge in [-0.15, -0.1) is 0 Å². The molecule has 0 saturated heterocycles. The molecule has 3 nitrogen and oxygen atoms in total. The molecule has 3 heteroatoms. The largest absolute Gasteiger partial charge is 0.496 e. The van der Waals surface area contributed by atoms with Gasteiger partial charge in [0.15, 0.2) is 0 Å². The third kappa shape index (κ3) is 3.19. The molecule has 1 aliphatic carbocycles. The Kier molecular flexibility index (Phi) is 4.28. The third-order valence-corrected chi connectivity index (χ3v) is 4.15. The van der Waals surface area contributed by atoms with E-state index in [1.165, 1.54) is 5.56 Å². The predicted molar refractivity (Wildman–Crippen MR) is 94.7 cm³/mol. The Bertz CT molecular complexity index is 881. The topological polar surface area (TPSA) is 35.0 Å². The van der Waals surface area contributed by atoms with Gasteiger partial charge < -0.3 is 4.74 Å². The normalized spacial score (nSPS) is 12.8. The average molecular weight is 306 g/mol. The number of aromatic nitrogens is 2. The molecular weight excluding hydrogens is 284 g/mol. The Balaban J connectivity index is 1.96. The fourth-order valence-electron chi connectivity index (χ4n) is 3.06. The highest BCUT2D eigenvalue weighted by Crippen LogP contribution is 2.21. The monoisotopic (exact) mass is 306 g/mol. The molecule has 2 aromatic rings. The highest BCUT2D eigenvalue weighted by molar-refractivity contribution is 5.65. The smallest absolute Gasteiger partial charge is 0.126 e. The van der Waals surface area contributed by atoms with Crippen LogP contribution in [0.25, 0.3) is 17.7 Å². The summed E-state index contributed by atoms with van der Waals surface area (Å²) in [4.78, 5) is 9.20. The van der Waals surface area contributed by atoms with Gasteiger partial charge in [-0.25, -0.2) is 9.97 Å². The first-order chi connectivity index (χ1) is 11.1. The van der Waals surface area contributed by atoms with Crippen molar-refractivity contribution in [3.8, 4) is 5.75 Å². The van der Waals surface area contributed by atoms with Crippen molar-refractivity contribution in [2.45, 2.75) is 33.1 Å². The molecule has 0 bridgehead atoms. The zero-order valence-electron chi connectivity index (χ0n) is 14.0. The lowest BCUT2D eigenvalue weighted by Gasteiger charge is -2.11. The van der Waals surface area contributed by atoms with Crippen LogP contribution in [0.5, 0.6) is 5.75 Å². The van der Waals surface area contributed by atoms with E-state index < -0.39 is 0 Å². The van der Waals surface area contributed by atoms with Gasteiger partial charge in [-0.05, 0) is 55.9 Å². The molecule has 0 aliphatic heterocycles. The maximum absolute atomic E-state index is 5.33. The minimum Gasteiger partial charge on any atom is -0.496 e. The Morgan fingerprint density at radius 1 is 1.17 bits per heavy atom. The molecule has 0 amide bonds. The second kappa shape index (κ2) is 6.37. The van der Waals surface area contributed by atoms with E-state index in [1.807, 2.05) is 13.0 Å². The quantitative estimate of drug-likeness (QED) is 0.871. The van der Waals surface area contributed by atoms with Gasteiger partial charge in [0.05, 0.1) is 18.2 Å². The van der Waals surface area contributed by atoms with E-state index in [0.717, 1.165) is 58.2 Å². The van der Waals surface area contributed by atoms with Crippen molar-refractivity contribution in [3.63, 3.8) is 0 Å². The first-order valence-corrected chi connectivity index (χ1v) is 7.95. The molecule has 0 fully saturated rings. The fraction of sp³-hybridized carbons (Fsp3) is 0.300. The summed E-state index contributed by atoms with van der Waals surface area (Å²) < 4.78 is 5.33. The molecule has 0 spiro atoms. The van der Waals surface area contributed by atoms with E-state index in [0.29, 0.717) is 0 Å². The van der Waals surface area contributed by atoms with E-state index in [-0.39, 0.29) is 0 Å². The van der Waals surface area contributed by atoms with Crippen molar-refractivity contribution in [2.75, 3.05) is 7.11 Å². The van der Waals surface area contributed by atoms with Crippen molar-refractivity contribution in [2.24, 2.45) is 0 Å². The van der Waals surface area contributed by atoms with Gasteiger partial charge in [0, 0.05) is 5.22 Å². The van der Waals surface area contributed by atoms with E-state index in [9.17, 15) is 0 Å². The number of aryl methyl sites for hydroxylation is 2. The molecule has 0 radical (unpaired) electrons. The summed E-state index contributed by atoms with van der Waals surface area (Å²) in [6, 6.07) is 6.26. The van der Waals surface area contributed by atoms with Gasteiger partial charge in [-0.3, -0.25) is 0 Å². The van der Waals surface area contributed by atoms with Crippen LogP contribution in [0.1, 0.15) is 35.5 Å². The number of hydrogen-bond donors (Lipinski definition) is 0. The van der Waals surface area contributed by atoms with Crippen LogP contribution in [0.2, 0.25) is 0 Å². The summed E-state index contributed by atoms with van der Waals surface area (Å²) in [6.45, 7) is 8.29. The van der Waals surface area contributed by atoms with Crippen LogP contribution >= 0.6 is 0 Å². The number of methoxy groups -OCH3 is 1. The summed E-state index contributed by atoms with van der Waals surface area (Å²) in [6.07, 6.45) is 7.29. The number of hydrogen-bond acceptors (Lipinski definition) is 3. The number of nitrogens with zero attached hydrogens (tertiary/aromatic N) is 2. The molecule has 118 valence electrons. The maximum atomic E-state index is 5.33. The minimum absolute atomic E-state index is 0.779. The Morgan fingerprint density at radius 3 is 2.70 bits per heavy atom. The minimum atomic E-state index is 0.779. The average Bonchev–Trinajstić information content (AvgIpc) is 2.54.